The van der Waals surface area contributed by atoms with Crippen molar-refractivity contribution in [1.82, 2.24) is 0 Å². The van der Waals surface area contributed by atoms with E-state index in [4.69, 9.17) is 21.1 Å². The first-order valence-electron chi connectivity index (χ1n) is 52.1. The molecule has 4 heteroatoms. The molecule has 3 aliphatic rings. The average molecular weight is 1860 g/mol. The maximum Gasteiger partial charge on any atom is 0.140 e. The number of fused-ring (bicyclic) bond motifs is 36. The van der Waals surface area contributed by atoms with Gasteiger partial charge in [-0.1, -0.05) is 509 Å². The van der Waals surface area contributed by atoms with Gasteiger partial charge >= 0.3 is 0 Å². The Morgan fingerprint density at radius 3 is 0.483 bits per heavy atom. The molecule has 0 N–H and O–H groups in total. The Morgan fingerprint density at radius 1 is 0.138 bits per heavy atom. The molecule has 0 aromatic heterocycles. The van der Waals surface area contributed by atoms with E-state index in [9.17, 15) is 4.39 Å². The first kappa shape index (κ1) is 79.2. The topological polar surface area (TPSA) is 27.7 Å². The van der Waals surface area contributed by atoms with Crippen molar-refractivity contribution in [1.29, 1.82) is 0 Å². The molecule has 678 valence electrons. The number of benzene rings is 27. The van der Waals surface area contributed by atoms with E-state index in [1.807, 2.05) is 36.4 Å². The van der Waals surface area contributed by atoms with Gasteiger partial charge in [0.15, 0.2) is 0 Å². The highest BCUT2D eigenvalue weighted by Crippen LogP contribution is 2.62. The molecule has 3 aliphatic heterocycles. The zero-order chi connectivity index (χ0) is 100. The van der Waals surface area contributed by atoms with Crippen molar-refractivity contribution in [2.24, 2.45) is 0 Å². The maximum atomic E-state index is 13.5. The fourth-order valence-electron chi connectivity index (χ4n) is 23.7. The van der Waals surface area contributed by atoms with Crippen molar-refractivity contribution in [3.63, 3.8) is 0 Å². The number of hydrogen-bond donors (Lipinski definition) is 0. The van der Waals surface area contributed by atoms with E-state index in [1.165, 1.54) is 154 Å². The predicted octanol–water partition coefficient (Wildman–Crippen LogP) is 38.9. The predicted molar refractivity (Wildman–Crippen MR) is 604 cm³/mol. The molecule has 0 saturated heterocycles. The lowest BCUT2D eigenvalue weighted by Crippen LogP contribution is -2.14. The van der Waals surface area contributed by atoms with E-state index in [0.717, 1.165) is 128 Å². The second kappa shape index (κ2) is 35.0. The third-order valence-electron chi connectivity index (χ3n) is 30.3. The summed E-state index contributed by atoms with van der Waals surface area (Å²) in [6.07, 6.45) is 0. The number of rotatable bonds is 9. The van der Waals surface area contributed by atoms with Crippen LogP contribution < -0.4 is 14.2 Å². The molecule has 0 atom stereocenters. The van der Waals surface area contributed by atoms with E-state index in [0.29, 0.717) is 5.56 Å². The van der Waals surface area contributed by atoms with E-state index >= 15 is 0 Å². The molecule has 30 rings (SSSR count). The first-order valence-corrected chi connectivity index (χ1v) is 49.6. The van der Waals surface area contributed by atoms with Gasteiger partial charge in [-0.25, -0.2) is 4.39 Å². The van der Waals surface area contributed by atoms with Gasteiger partial charge < -0.3 is 14.2 Å². The van der Waals surface area contributed by atoms with Crippen molar-refractivity contribution in [2.75, 3.05) is 0 Å². The lowest BCUT2D eigenvalue weighted by molar-refractivity contribution is 0.467. The zero-order valence-electron chi connectivity index (χ0n) is 83.6. The van der Waals surface area contributed by atoms with Gasteiger partial charge in [0.1, 0.15) is 40.3 Å². The Hall–Kier alpha value is -18.6. The molecule has 0 spiro atoms. The molecule has 0 amide bonds. The van der Waals surface area contributed by atoms with Crippen LogP contribution in [0, 0.1) is 5.82 Å². The highest BCUT2D eigenvalue weighted by molar-refractivity contribution is 6.22. The first-order chi connectivity index (χ1) is 74.0. The molecule has 0 aliphatic carbocycles. The van der Waals surface area contributed by atoms with Crippen LogP contribution in [-0.2, 0) is 0 Å². The summed E-state index contributed by atoms with van der Waals surface area (Å²) < 4.78 is 76.1. The van der Waals surface area contributed by atoms with E-state index in [1.54, 1.807) is 0 Å². The Balaban J connectivity index is 0.000000108. The van der Waals surface area contributed by atoms with Gasteiger partial charge in [0.25, 0.3) is 0 Å². The fourth-order valence-corrected chi connectivity index (χ4v) is 23.7. The lowest BCUT2D eigenvalue weighted by atomic mass is 9.76. The number of hydrogen-bond acceptors (Lipinski definition) is 3. The molecular weight excluding hydrogens is 1760 g/mol. The van der Waals surface area contributed by atoms with Gasteiger partial charge in [0.2, 0.25) is 0 Å². The largest absolute Gasteiger partial charge is 0.455 e. The second-order valence-electron chi connectivity index (χ2n) is 38.1. The van der Waals surface area contributed by atoms with Gasteiger partial charge in [-0.2, -0.15) is 0 Å². The minimum atomic E-state index is -0.391. The van der Waals surface area contributed by atoms with Gasteiger partial charge in [0, 0.05) is 83.5 Å². The highest BCUT2D eigenvalue weighted by Gasteiger charge is 2.40. The van der Waals surface area contributed by atoms with Crippen LogP contribution in [0.3, 0.4) is 0 Å². The normalized spacial score (nSPS) is 13.2. The minimum absolute atomic E-state index is 0.0257. The average Bonchev–Trinajstić information content (AvgIpc) is 0.705. The minimum Gasteiger partial charge on any atom is -0.455 e. The summed E-state index contributed by atoms with van der Waals surface area (Å²) in [5, 5.41) is 28.5. The van der Waals surface area contributed by atoms with Crippen LogP contribution in [0.1, 0.15) is 74.7 Å². The fraction of sp³-hybridized carbons (Fsp3) is 0.0213. The van der Waals surface area contributed by atoms with Crippen molar-refractivity contribution in [3.8, 4) is 101 Å². The van der Waals surface area contributed by atoms with Crippen LogP contribution in [0.2, 0.25) is 0 Å². The smallest absolute Gasteiger partial charge is 0.140 e. The van der Waals surface area contributed by atoms with Crippen LogP contribution in [-0.4, -0.2) is 0 Å². The quantitative estimate of drug-likeness (QED) is 0.135. The van der Waals surface area contributed by atoms with Crippen molar-refractivity contribution in [3.05, 3.63) is 577 Å². The molecule has 0 bridgehead atoms. The van der Waals surface area contributed by atoms with Crippen molar-refractivity contribution in [2.45, 2.75) is 17.8 Å². The Kier molecular flexibility index (Phi) is 19.1. The summed E-state index contributed by atoms with van der Waals surface area (Å²) >= 11 is 0. The molecule has 27 aromatic carbocycles. The monoisotopic (exact) mass is 1850 g/mol. The molecular formula is C141H89FO3. The number of halogens is 1. The Morgan fingerprint density at radius 2 is 0.283 bits per heavy atom. The molecule has 0 unspecified atom stereocenters. The van der Waals surface area contributed by atoms with E-state index in [2.05, 4.69) is 443 Å². The second-order valence-corrected chi connectivity index (χ2v) is 38.1. The summed E-state index contributed by atoms with van der Waals surface area (Å²) in [7, 11) is 0. The van der Waals surface area contributed by atoms with Crippen LogP contribution in [0.5, 0.6) is 34.5 Å². The molecule has 0 saturated carbocycles. The molecule has 27 aromatic rings. The van der Waals surface area contributed by atoms with Crippen LogP contribution in [0.4, 0.5) is 4.39 Å². The highest BCUT2D eigenvalue weighted by atomic mass is 19.1. The van der Waals surface area contributed by atoms with Crippen molar-refractivity contribution >= 4 is 129 Å². The third-order valence-corrected chi connectivity index (χ3v) is 30.3. The van der Waals surface area contributed by atoms with Gasteiger partial charge in [-0.05, 0) is 193 Å². The lowest BCUT2D eigenvalue weighted by Gasteiger charge is -2.33. The maximum absolute atomic E-state index is 13.5. The Labute approximate surface area is 845 Å². The third kappa shape index (κ3) is 14.1. The molecule has 0 fully saturated rings. The van der Waals surface area contributed by atoms with Crippen LogP contribution in [0.15, 0.2) is 522 Å². The molecule has 3 heterocycles. The van der Waals surface area contributed by atoms with E-state index in [-0.39, 0.29) is 53.3 Å². The molecule has 0 radical (unpaired) electrons. The SMILES string of the molecule is Fc1ccc(-c2ccc(-c3ccc(C4c5c(c6ccccc6c6ccccc56)Oc5c4c4ccccc4c4ccccc54)cc3)cc2)cc1.[2H]c1c([2H])c([2H])c(-c2ccc(-c3ccc(C4c5c(c6ccccc6c6ccccc56)Oc5c4c4ccccc4c4ccccc54)cc3)cc2)c([2H])c1[2H].c1ccc(-c2ccc(-c3ccc(C4c5c(c6ccccc6c6ccccc56)Oc5c4c4ccccc4c4ccccc54)cc3)cc2)cc1. The zero-order valence-corrected chi connectivity index (χ0v) is 78.6. The summed E-state index contributed by atoms with van der Waals surface area (Å²) in [6, 6.07) is 172. The summed E-state index contributed by atoms with van der Waals surface area (Å²) in [5.74, 6) is 5.15. The van der Waals surface area contributed by atoms with Crippen LogP contribution >= 0.6 is 0 Å². The van der Waals surface area contributed by atoms with Gasteiger partial charge in [-0.15, -0.1) is 0 Å². The Bertz CT molecular complexity index is 9830. The van der Waals surface area contributed by atoms with Gasteiger partial charge in [0.05, 0.1) is 6.85 Å². The summed E-state index contributed by atoms with van der Waals surface area (Å²) in [5.41, 5.74) is 22.8. The summed E-state index contributed by atoms with van der Waals surface area (Å²) in [6.45, 7) is 0. The van der Waals surface area contributed by atoms with Crippen LogP contribution in [0.25, 0.3) is 196 Å². The summed E-state index contributed by atoms with van der Waals surface area (Å²) in [4.78, 5) is 0. The van der Waals surface area contributed by atoms with E-state index < -0.39 is 6.04 Å². The van der Waals surface area contributed by atoms with Crippen molar-refractivity contribution < 1.29 is 25.5 Å². The number of ether oxygens (including phenoxy) is 3. The molecule has 3 nitrogen and oxygen atoms in total. The van der Waals surface area contributed by atoms with Gasteiger partial charge in [-0.3, -0.25) is 0 Å². The molecule has 145 heavy (non-hydrogen) atoms. The standard InChI is InChI=1S/C47H29FO.2C47H30O/c48-34-27-25-32(26-28-34)30-19-17-29(18-20-30)31-21-23-33(24-22-31)43-44-39-13-5-1-9-35(39)37-11-3-7-15-41(37)46(44)49-47-42-16-8-4-12-38(42)36-10-2-6-14-40(36)45(43)47;2*1-2-12-30(13-3-1)31-22-24-32(25-23-31)33-26-28-34(29-27-33)43-44-39-18-8-4-14-35(39)37-16-6-10-20-41(37)46(44)48-47-42-21-11-7-17-38(42)36-15-5-9-19-40(36)45(43)47/h1-28,43H;2*1-29,43H/i;1D,2D,3D,12D,13D;.